The van der Waals surface area contributed by atoms with Crippen LogP contribution < -0.4 is 39.3 Å². The van der Waals surface area contributed by atoms with Gasteiger partial charge in [0, 0.05) is 23.6 Å². The molecule has 39 heavy (non-hydrogen) atoms. The van der Waals surface area contributed by atoms with Crippen LogP contribution >= 0.6 is 0 Å². The predicted octanol–water partition coefficient (Wildman–Crippen LogP) is 3.71. The molecular formula is C28H31N3O8. The Hall–Kier alpha value is -4.54. The van der Waals surface area contributed by atoms with Crippen molar-refractivity contribution in [1.82, 2.24) is 10.2 Å². The van der Waals surface area contributed by atoms with E-state index in [1.54, 1.807) is 33.5 Å². The molecule has 0 unspecified atom stereocenters. The first-order chi connectivity index (χ1) is 18.9. The highest BCUT2D eigenvalue weighted by Gasteiger charge is 2.41. The highest BCUT2D eigenvalue weighted by Crippen LogP contribution is 2.50. The third kappa shape index (κ3) is 4.23. The van der Waals surface area contributed by atoms with Gasteiger partial charge in [-0.3, -0.25) is 19.8 Å². The van der Waals surface area contributed by atoms with Gasteiger partial charge in [-0.25, -0.2) is 0 Å². The number of aromatic amines is 2. The van der Waals surface area contributed by atoms with Gasteiger partial charge in [-0.2, -0.15) is 0 Å². The van der Waals surface area contributed by atoms with Crippen molar-refractivity contribution in [2.24, 2.45) is 0 Å². The predicted molar refractivity (Wildman–Crippen MR) is 143 cm³/mol. The quantitative estimate of drug-likeness (QED) is 0.393. The van der Waals surface area contributed by atoms with Crippen LogP contribution in [0.4, 0.5) is 5.82 Å². The van der Waals surface area contributed by atoms with Crippen molar-refractivity contribution in [3.05, 3.63) is 62.6 Å². The van der Waals surface area contributed by atoms with E-state index in [9.17, 15) is 9.59 Å². The van der Waals surface area contributed by atoms with E-state index in [1.807, 2.05) is 12.1 Å². The van der Waals surface area contributed by atoms with Crippen molar-refractivity contribution >= 4 is 11.6 Å². The smallest absolute Gasteiger partial charge is 0.270 e. The SMILES string of the molecule is COc1cc([C@@H]2CC(=O)C3=C(C2)Nc2[nH][nH]c(=O)c2[C@@H]3c2cc(OC)c(OC)c(OC)c2)cc(OC)c1OC. The van der Waals surface area contributed by atoms with Crippen LogP contribution in [0.3, 0.4) is 0 Å². The van der Waals surface area contributed by atoms with Gasteiger partial charge in [0.15, 0.2) is 28.8 Å². The first-order valence-electron chi connectivity index (χ1n) is 12.3. The number of aromatic nitrogens is 2. The Morgan fingerprint density at radius 2 is 1.18 bits per heavy atom. The zero-order valence-electron chi connectivity index (χ0n) is 22.6. The zero-order chi connectivity index (χ0) is 27.8. The molecule has 5 rings (SSSR count). The van der Waals surface area contributed by atoms with Gasteiger partial charge >= 0.3 is 0 Å². The third-order valence-corrected chi connectivity index (χ3v) is 7.35. The number of rotatable bonds is 8. The number of hydrogen-bond donors (Lipinski definition) is 3. The summed E-state index contributed by atoms with van der Waals surface area (Å²) in [6, 6.07) is 7.29. The molecule has 2 aromatic carbocycles. The van der Waals surface area contributed by atoms with Crippen molar-refractivity contribution in [1.29, 1.82) is 0 Å². The number of carbonyl (C=O) groups excluding carboxylic acids is 1. The molecule has 3 aromatic rings. The molecule has 0 spiro atoms. The first kappa shape index (κ1) is 26.1. The largest absolute Gasteiger partial charge is 0.493 e. The van der Waals surface area contributed by atoms with Crippen LogP contribution in [0.5, 0.6) is 34.5 Å². The normalized spacial score (nSPS) is 18.1. The van der Waals surface area contributed by atoms with Gasteiger partial charge in [-0.05, 0) is 47.7 Å². The molecule has 3 N–H and O–H groups in total. The van der Waals surface area contributed by atoms with Gasteiger partial charge in [-0.15, -0.1) is 0 Å². The number of methoxy groups -OCH3 is 6. The highest BCUT2D eigenvalue weighted by atomic mass is 16.5. The van der Waals surface area contributed by atoms with E-state index in [0.29, 0.717) is 63.4 Å². The Balaban J connectivity index is 1.64. The van der Waals surface area contributed by atoms with Crippen LogP contribution in [0, 0.1) is 0 Å². The molecule has 0 radical (unpaired) electrons. The molecule has 1 aliphatic carbocycles. The minimum atomic E-state index is -0.645. The van der Waals surface area contributed by atoms with E-state index in [0.717, 1.165) is 11.3 Å². The number of hydrogen-bond acceptors (Lipinski definition) is 9. The Morgan fingerprint density at radius 3 is 1.67 bits per heavy atom. The molecule has 2 aliphatic rings. The number of benzene rings is 2. The third-order valence-electron chi connectivity index (χ3n) is 7.35. The number of fused-ring (bicyclic) bond motifs is 1. The van der Waals surface area contributed by atoms with Crippen LogP contribution in [0.2, 0.25) is 0 Å². The van der Waals surface area contributed by atoms with Gasteiger partial charge in [0.1, 0.15) is 5.82 Å². The summed E-state index contributed by atoms with van der Waals surface area (Å²) in [6.45, 7) is 0. The monoisotopic (exact) mass is 537 g/mol. The zero-order valence-corrected chi connectivity index (χ0v) is 22.6. The Bertz CT molecular complexity index is 1470. The van der Waals surface area contributed by atoms with Crippen molar-refractivity contribution in [3.8, 4) is 34.5 Å². The Morgan fingerprint density at radius 1 is 0.667 bits per heavy atom. The van der Waals surface area contributed by atoms with Crippen LogP contribution in [0.15, 0.2) is 40.3 Å². The van der Waals surface area contributed by atoms with Crippen molar-refractivity contribution in [2.45, 2.75) is 24.7 Å². The van der Waals surface area contributed by atoms with Gasteiger partial charge in [0.25, 0.3) is 5.56 Å². The fourth-order valence-corrected chi connectivity index (χ4v) is 5.59. The van der Waals surface area contributed by atoms with Crippen LogP contribution in [-0.4, -0.2) is 58.6 Å². The average molecular weight is 538 g/mol. The molecule has 11 heteroatoms. The number of H-pyrrole nitrogens is 2. The summed E-state index contributed by atoms with van der Waals surface area (Å²) in [5, 5.41) is 8.88. The molecular weight excluding hydrogens is 506 g/mol. The van der Waals surface area contributed by atoms with E-state index < -0.39 is 5.92 Å². The second kappa shape index (κ2) is 10.3. The summed E-state index contributed by atoms with van der Waals surface area (Å²) in [4.78, 5) is 26.9. The van der Waals surface area contributed by atoms with E-state index in [2.05, 4.69) is 15.5 Å². The lowest BCUT2D eigenvalue weighted by atomic mass is 9.72. The fourth-order valence-electron chi connectivity index (χ4n) is 5.59. The molecule has 0 fully saturated rings. The lowest BCUT2D eigenvalue weighted by molar-refractivity contribution is -0.116. The number of nitrogens with one attached hydrogen (secondary N) is 3. The minimum Gasteiger partial charge on any atom is -0.493 e. The van der Waals surface area contributed by atoms with Gasteiger partial charge in [0.2, 0.25) is 11.5 Å². The van der Waals surface area contributed by atoms with Crippen LogP contribution in [-0.2, 0) is 4.79 Å². The van der Waals surface area contributed by atoms with Crippen LogP contribution in [0.25, 0.3) is 0 Å². The van der Waals surface area contributed by atoms with Crippen molar-refractivity contribution < 1.29 is 33.2 Å². The lowest BCUT2D eigenvalue weighted by Crippen LogP contribution is -2.31. The average Bonchev–Trinajstić information content (AvgIpc) is 3.33. The molecule has 2 heterocycles. The molecule has 206 valence electrons. The van der Waals surface area contributed by atoms with Gasteiger partial charge in [-0.1, -0.05) is 0 Å². The fraction of sp³-hybridized carbons (Fsp3) is 0.357. The van der Waals surface area contributed by atoms with Crippen molar-refractivity contribution in [2.75, 3.05) is 48.0 Å². The highest BCUT2D eigenvalue weighted by molar-refractivity contribution is 6.01. The van der Waals surface area contributed by atoms with Gasteiger partial charge in [0.05, 0.1) is 48.2 Å². The molecule has 0 saturated carbocycles. The maximum atomic E-state index is 13.9. The second-order valence-electron chi connectivity index (χ2n) is 9.26. The number of ether oxygens (including phenoxy) is 6. The molecule has 11 nitrogen and oxygen atoms in total. The van der Waals surface area contributed by atoms with Crippen LogP contribution in [0.1, 0.15) is 41.4 Å². The van der Waals surface area contributed by atoms with Crippen molar-refractivity contribution in [3.63, 3.8) is 0 Å². The molecule has 0 saturated heterocycles. The second-order valence-corrected chi connectivity index (χ2v) is 9.26. The first-order valence-corrected chi connectivity index (χ1v) is 12.3. The maximum absolute atomic E-state index is 13.9. The number of ketones is 1. The molecule has 0 amide bonds. The summed E-state index contributed by atoms with van der Waals surface area (Å²) in [7, 11) is 9.23. The van der Waals surface area contributed by atoms with E-state index in [-0.39, 0.29) is 23.7 Å². The summed E-state index contributed by atoms with van der Waals surface area (Å²) >= 11 is 0. The van der Waals surface area contributed by atoms with E-state index in [4.69, 9.17) is 28.4 Å². The molecule has 1 aliphatic heterocycles. The number of Topliss-reactive ketones (excluding diaryl/α,β-unsaturated/α-hetero) is 1. The Kier molecular flexibility index (Phi) is 6.90. The summed E-state index contributed by atoms with van der Waals surface area (Å²) in [5.41, 5.74) is 2.91. The summed E-state index contributed by atoms with van der Waals surface area (Å²) < 4.78 is 33.1. The molecule has 2 atom stereocenters. The standard InChI is InChI=1S/C28H31N3O8/c1-34-18-9-14(10-19(35-2)25(18)38-5)13-7-16-23(17(32)8-13)22(24-27(29-16)30-31-28(24)33)15-11-20(36-3)26(39-6)21(12-15)37-4/h9-13,22H,7-8H2,1-6H3,(H3,29,30,31,33)/t13-,22+/m0/s1. The van der Waals surface area contributed by atoms with E-state index in [1.165, 1.54) is 21.3 Å². The summed E-state index contributed by atoms with van der Waals surface area (Å²) in [6.07, 6.45) is 0.755. The maximum Gasteiger partial charge on any atom is 0.270 e. The lowest BCUT2D eigenvalue weighted by Gasteiger charge is -2.35. The Labute approximate surface area is 225 Å². The number of allylic oxidation sites excluding steroid dienone is 2. The topological polar surface area (TPSA) is 133 Å². The molecule has 0 bridgehead atoms. The summed E-state index contributed by atoms with van der Waals surface area (Å²) in [5.74, 6) is 2.43. The minimum absolute atomic E-state index is 0.0764. The number of carbonyl (C=O) groups is 1. The number of anilines is 1. The van der Waals surface area contributed by atoms with E-state index >= 15 is 0 Å². The van der Waals surface area contributed by atoms with Gasteiger partial charge < -0.3 is 33.7 Å². The molecule has 1 aromatic heterocycles.